The standard InChI is InChI=1S/C11H18N4O2/c1-3-9(16)8-10-12-11(13-17-10)15-6-4-14(2)5-7-15/h3-8H2,1-2H3. The molecule has 0 N–H and O–H groups in total. The Labute approximate surface area is 101 Å². The van der Waals surface area contributed by atoms with Gasteiger partial charge in [0.15, 0.2) is 0 Å². The van der Waals surface area contributed by atoms with Crippen molar-refractivity contribution in [3.05, 3.63) is 5.89 Å². The zero-order valence-corrected chi connectivity index (χ0v) is 10.3. The van der Waals surface area contributed by atoms with Crippen LogP contribution in [0.15, 0.2) is 4.52 Å². The van der Waals surface area contributed by atoms with Crippen LogP contribution in [0.4, 0.5) is 5.95 Å². The topological polar surface area (TPSA) is 62.5 Å². The first-order valence-electron chi connectivity index (χ1n) is 5.97. The molecule has 1 aromatic heterocycles. The molecule has 0 spiro atoms. The Morgan fingerprint density at radius 3 is 2.71 bits per heavy atom. The summed E-state index contributed by atoms with van der Waals surface area (Å²) < 4.78 is 5.08. The van der Waals surface area contributed by atoms with E-state index in [-0.39, 0.29) is 12.2 Å². The lowest BCUT2D eigenvalue weighted by atomic mass is 10.2. The number of rotatable bonds is 4. The molecule has 1 saturated heterocycles. The molecule has 0 saturated carbocycles. The Kier molecular flexibility index (Phi) is 3.73. The van der Waals surface area contributed by atoms with Crippen LogP contribution >= 0.6 is 0 Å². The third kappa shape index (κ3) is 3.03. The largest absolute Gasteiger partial charge is 0.337 e. The normalized spacial score (nSPS) is 17.4. The maximum Gasteiger partial charge on any atom is 0.266 e. The first-order valence-corrected chi connectivity index (χ1v) is 5.97. The number of anilines is 1. The summed E-state index contributed by atoms with van der Waals surface area (Å²) in [6.45, 7) is 5.63. The molecule has 1 fully saturated rings. The Morgan fingerprint density at radius 2 is 2.06 bits per heavy atom. The van der Waals surface area contributed by atoms with E-state index in [1.807, 2.05) is 6.92 Å². The van der Waals surface area contributed by atoms with E-state index >= 15 is 0 Å². The molecule has 0 aliphatic carbocycles. The van der Waals surface area contributed by atoms with Gasteiger partial charge in [0, 0.05) is 32.6 Å². The molecular formula is C11H18N4O2. The number of Topliss-reactive ketones (excluding diaryl/α,β-unsaturated/α-hetero) is 1. The summed E-state index contributed by atoms with van der Waals surface area (Å²) in [5, 5.41) is 3.92. The fourth-order valence-corrected chi connectivity index (χ4v) is 1.75. The number of piperazine rings is 1. The molecule has 1 aromatic rings. The van der Waals surface area contributed by atoms with Gasteiger partial charge in [-0.1, -0.05) is 6.92 Å². The van der Waals surface area contributed by atoms with Crippen molar-refractivity contribution >= 4 is 11.7 Å². The zero-order valence-electron chi connectivity index (χ0n) is 10.3. The number of carbonyl (C=O) groups is 1. The average Bonchev–Trinajstić information content (AvgIpc) is 2.78. The van der Waals surface area contributed by atoms with E-state index in [1.165, 1.54) is 0 Å². The predicted molar refractivity (Wildman–Crippen MR) is 63.0 cm³/mol. The van der Waals surface area contributed by atoms with Crippen LogP contribution in [0.2, 0.25) is 0 Å². The van der Waals surface area contributed by atoms with Crippen LogP contribution in [0.3, 0.4) is 0 Å². The molecule has 0 atom stereocenters. The molecule has 6 heteroatoms. The van der Waals surface area contributed by atoms with E-state index < -0.39 is 0 Å². The number of likely N-dealkylation sites (N-methyl/N-ethyl adjacent to an activating group) is 1. The molecule has 0 aromatic carbocycles. The highest BCUT2D eigenvalue weighted by molar-refractivity contribution is 5.79. The van der Waals surface area contributed by atoms with E-state index in [2.05, 4.69) is 27.0 Å². The van der Waals surface area contributed by atoms with Crippen LogP contribution in [0, 0.1) is 0 Å². The minimum absolute atomic E-state index is 0.124. The summed E-state index contributed by atoms with van der Waals surface area (Å²) in [6.07, 6.45) is 0.753. The van der Waals surface area contributed by atoms with E-state index in [4.69, 9.17) is 4.52 Å². The third-order valence-electron chi connectivity index (χ3n) is 2.99. The summed E-state index contributed by atoms with van der Waals surface area (Å²) in [5.74, 6) is 1.15. The molecule has 1 aliphatic heterocycles. The average molecular weight is 238 g/mol. The van der Waals surface area contributed by atoms with Gasteiger partial charge in [0.25, 0.3) is 5.95 Å². The number of nitrogens with zero attached hydrogens (tertiary/aromatic N) is 4. The molecule has 1 aliphatic rings. The van der Waals surface area contributed by atoms with Crippen molar-refractivity contribution in [3.8, 4) is 0 Å². The van der Waals surface area contributed by atoms with Crippen molar-refractivity contribution < 1.29 is 9.32 Å². The molecular weight excluding hydrogens is 220 g/mol. The second kappa shape index (κ2) is 5.27. The first kappa shape index (κ1) is 12.0. The van der Waals surface area contributed by atoms with Crippen molar-refractivity contribution in [2.45, 2.75) is 19.8 Å². The summed E-state index contributed by atoms with van der Waals surface area (Å²) in [6, 6.07) is 0. The smallest absolute Gasteiger partial charge is 0.266 e. The molecule has 0 radical (unpaired) electrons. The highest BCUT2D eigenvalue weighted by Gasteiger charge is 2.19. The fourth-order valence-electron chi connectivity index (χ4n) is 1.75. The van der Waals surface area contributed by atoms with Gasteiger partial charge in [0.05, 0.1) is 6.42 Å². The molecule has 94 valence electrons. The van der Waals surface area contributed by atoms with E-state index in [0.29, 0.717) is 18.3 Å². The van der Waals surface area contributed by atoms with Gasteiger partial charge in [-0.25, -0.2) is 0 Å². The molecule has 0 bridgehead atoms. The Hall–Kier alpha value is -1.43. The van der Waals surface area contributed by atoms with Crippen LogP contribution in [0.1, 0.15) is 19.2 Å². The highest BCUT2D eigenvalue weighted by Crippen LogP contribution is 2.12. The van der Waals surface area contributed by atoms with Crippen molar-refractivity contribution in [1.82, 2.24) is 15.0 Å². The van der Waals surface area contributed by atoms with E-state index in [9.17, 15) is 4.79 Å². The number of ketones is 1. The van der Waals surface area contributed by atoms with Gasteiger partial charge < -0.3 is 14.3 Å². The van der Waals surface area contributed by atoms with E-state index in [1.54, 1.807) is 0 Å². The molecule has 2 heterocycles. The SMILES string of the molecule is CCC(=O)Cc1nc(N2CCN(C)CC2)no1. The van der Waals surface area contributed by atoms with Crippen molar-refractivity contribution in [2.75, 3.05) is 38.1 Å². The lowest BCUT2D eigenvalue weighted by Crippen LogP contribution is -2.44. The summed E-state index contributed by atoms with van der Waals surface area (Å²) in [4.78, 5) is 19.9. The third-order valence-corrected chi connectivity index (χ3v) is 2.99. The first-order chi connectivity index (χ1) is 8.19. The zero-order chi connectivity index (χ0) is 12.3. The molecule has 6 nitrogen and oxygen atoms in total. The second-order valence-electron chi connectivity index (χ2n) is 4.35. The Balaban J connectivity index is 1.96. The minimum atomic E-state index is 0.124. The lowest BCUT2D eigenvalue weighted by Gasteiger charge is -2.31. The van der Waals surface area contributed by atoms with E-state index in [0.717, 1.165) is 26.2 Å². The molecule has 0 amide bonds. The van der Waals surface area contributed by atoms with Gasteiger partial charge >= 0.3 is 0 Å². The monoisotopic (exact) mass is 238 g/mol. The highest BCUT2D eigenvalue weighted by atomic mass is 16.5. The quantitative estimate of drug-likeness (QED) is 0.754. The minimum Gasteiger partial charge on any atom is -0.337 e. The summed E-state index contributed by atoms with van der Waals surface area (Å²) >= 11 is 0. The van der Waals surface area contributed by atoms with Gasteiger partial charge in [-0.3, -0.25) is 4.79 Å². The number of hydrogen-bond donors (Lipinski definition) is 0. The number of aromatic nitrogens is 2. The lowest BCUT2D eigenvalue weighted by molar-refractivity contribution is -0.118. The maximum atomic E-state index is 11.3. The predicted octanol–water partition coefficient (Wildman–Crippen LogP) is 0.343. The van der Waals surface area contributed by atoms with Crippen molar-refractivity contribution in [1.29, 1.82) is 0 Å². The molecule has 2 rings (SSSR count). The Bertz CT molecular complexity index is 383. The summed E-state index contributed by atoms with van der Waals surface area (Å²) in [5.41, 5.74) is 0. The number of carbonyl (C=O) groups excluding carboxylic acids is 1. The van der Waals surface area contributed by atoms with Crippen LogP contribution in [-0.4, -0.2) is 54.1 Å². The fraction of sp³-hybridized carbons (Fsp3) is 0.727. The van der Waals surface area contributed by atoms with Crippen LogP contribution in [0.5, 0.6) is 0 Å². The maximum absolute atomic E-state index is 11.3. The summed E-state index contributed by atoms with van der Waals surface area (Å²) in [7, 11) is 2.10. The van der Waals surface area contributed by atoms with Gasteiger partial charge in [0.1, 0.15) is 5.78 Å². The van der Waals surface area contributed by atoms with Gasteiger partial charge in [-0.15, -0.1) is 0 Å². The van der Waals surface area contributed by atoms with Gasteiger partial charge in [-0.2, -0.15) is 4.98 Å². The van der Waals surface area contributed by atoms with Crippen LogP contribution in [-0.2, 0) is 11.2 Å². The molecule has 0 unspecified atom stereocenters. The van der Waals surface area contributed by atoms with Crippen LogP contribution < -0.4 is 4.90 Å². The Morgan fingerprint density at radius 1 is 1.35 bits per heavy atom. The van der Waals surface area contributed by atoms with Gasteiger partial charge in [-0.05, 0) is 12.2 Å². The number of hydrogen-bond acceptors (Lipinski definition) is 6. The second-order valence-corrected chi connectivity index (χ2v) is 4.35. The van der Waals surface area contributed by atoms with Crippen molar-refractivity contribution in [3.63, 3.8) is 0 Å². The van der Waals surface area contributed by atoms with Gasteiger partial charge in [0.2, 0.25) is 5.89 Å². The van der Waals surface area contributed by atoms with Crippen LogP contribution in [0.25, 0.3) is 0 Å². The van der Waals surface area contributed by atoms with Crippen molar-refractivity contribution in [2.24, 2.45) is 0 Å². The molecule has 17 heavy (non-hydrogen) atoms.